The number of aryl methyl sites for hydroxylation is 1. The Bertz CT molecular complexity index is 521. The molecule has 1 aromatic rings. The van der Waals surface area contributed by atoms with E-state index in [2.05, 4.69) is 36.1 Å². The van der Waals surface area contributed by atoms with Crippen molar-refractivity contribution in [3.8, 4) is 0 Å². The maximum absolute atomic E-state index is 10.5. The minimum Gasteiger partial charge on any atom is -0.387 e. The Morgan fingerprint density at radius 1 is 1.23 bits per heavy atom. The molecule has 0 saturated carbocycles. The molecular weight excluding hydrogens is 278 g/mol. The number of hydrogen-bond acceptors (Lipinski definition) is 4. The number of hydrogen-bond donors (Lipinski definition) is 2. The van der Waals surface area contributed by atoms with E-state index in [4.69, 9.17) is 4.74 Å². The number of aliphatic hydroxyl groups is 2. The van der Waals surface area contributed by atoms with Crippen LogP contribution in [0.15, 0.2) is 24.3 Å². The standard InChI is InChI=1S/C18H27NO3/c1-14-5-3-4-6-15(14)13-19-10-7-18(8-11-19)16(20)17(2,21)9-12-22-18/h3-6,16,20-21H,7-13H2,1-2H3/t16-,17+/m0/s1. The van der Waals surface area contributed by atoms with Crippen LogP contribution in [0.2, 0.25) is 0 Å². The first-order valence-electron chi connectivity index (χ1n) is 8.24. The van der Waals surface area contributed by atoms with Crippen molar-refractivity contribution in [2.24, 2.45) is 0 Å². The Balaban J connectivity index is 1.64. The SMILES string of the molecule is Cc1ccccc1CN1CCC2(CC1)OCC[C@@](C)(O)[C@@H]2O. The summed E-state index contributed by atoms with van der Waals surface area (Å²) in [7, 11) is 0. The van der Waals surface area contributed by atoms with Crippen molar-refractivity contribution >= 4 is 0 Å². The number of nitrogens with zero attached hydrogens (tertiary/aromatic N) is 1. The first-order valence-corrected chi connectivity index (χ1v) is 8.24. The summed E-state index contributed by atoms with van der Waals surface area (Å²) in [6.45, 7) is 7.12. The second-order valence-electron chi connectivity index (χ2n) is 7.13. The number of benzene rings is 1. The molecule has 2 atom stereocenters. The molecule has 2 aliphatic heterocycles. The Morgan fingerprint density at radius 3 is 2.59 bits per heavy atom. The molecule has 0 bridgehead atoms. The largest absolute Gasteiger partial charge is 0.387 e. The predicted octanol–water partition coefficient (Wildman–Crippen LogP) is 1.86. The third kappa shape index (κ3) is 2.93. The smallest absolute Gasteiger partial charge is 0.111 e. The normalized spacial score (nSPS) is 32.3. The lowest BCUT2D eigenvalue weighted by atomic mass is 9.75. The molecule has 3 rings (SSSR count). The summed E-state index contributed by atoms with van der Waals surface area (Å²) in [6, 6.07) is 8.47. The summed E-state index contributed by atoms with van der Waals surface area (Å²) in [5.41, 5.74) is 1.08. The molecule has 0 radical (unpaired) electrons. The van der Waals surface area contributed by atoms with E-state index in [1.165, 1.54) is 11.1 Å². The summed E-state index contributed by atoms with van der Waals surface area (Å²) in [4.78, 5) is 2.41. The Morgan fingerprint density at radius 2 is 1.91 bits per heavy atom. The van der Waals surface area contributed by atoms with E-state index in [-0.39, 0.29) is 0 Å². The van der Waals surface area contributed by atoms with Crippen molar-refractivity contribution in [2.45, 2.75) is 57.0 Å². The van der Waals surface area contributed by atoms with Crippen molar-refractivity contribution in [3.05, 3.63) is 35.4 Å². The van der Waals surface area contributed by atoms with Gasteiger partial charge in [-0.3, -0.25) is 4.90 Å². The molecule has 0 unspecified atom stereocenters. The average molecular weight is 305 g/mol. The predicted molar refractivity (Wildman–Crippen MR) is 85.6 cm³/mol. The first kappa shape index (κ1) is 15.9. The highest BCUT2D eigenvalue weighted by Crippen LogP contribution is 2.40. The van der Waals surface area contributed by atoms with E-state index in [1.54, 1.807) is 6.92 Å². The fourth-order valence-corrected chi connectivity index (χ4v) is 3.78. The molecule has 22 heavy (non-hydrogen) atoms. The Hall–Kier alpha value is -0.940. The Labute approximate surface area is 132 Å². The van der Waals surface area contributed by atoms with Crippen LogP contribution in [0.5, 0.6) is 0 Å². The minimum atomic E-state index is -1.03. The molecule has 0 aromatic heterocycles. The van der Waals surface area contributed by atoms with Crippen LogP contribution < -0.4 is 0 Å². The van der Waals surface area contributed by atoms with Gasteiger partial charge in [0, 0.05) is 26.1 Å². The van der Waals surface area contributed by atoms with E-state index >= 15 is 0 Å². The molecule has 4 heteroatoms. The van der Waals surface area contributed by atoms with Gasteiger partial charge in [0.2, 0.25) is 0 Å². The van der Waals surface area contributed by atoms with Gasteiger partial charge in [0.15, 0.2) is 0 Å². The van der Waals surface area contributed by atoms with E-state index in [1.807, 2.05) is 0 Å². The van der Waals surface area contributed by atoms with Crippen molar-refractivity contribution in [1.82, 2.24) is 4.90 Å². The summed E-state index contributed by atoms with van der Waals surface area (Å²) < 4.78 is 5.94. The molecular formula is C18H27NO3. The van der Waals surface area contributed by atoms with E-state index < -0.39 is 17.3 Å². The van der Waals surface area contributed by atoms with Crippen molar-refractivity contribution in [1.29, 1.82) is 0 Å². The van der Waals surface area contributed by atoms with Gasteiger partial charge < -0.3 is 14.9 Å². The monoisotopic (exact) mass is 305 g/mol. The molecule has 0 aliphatic carbocycles. The fourth-order valence-electron chi connectivity index (χ4n) is 3.78. The lowest BCUT2D eigenvalue weighted by molar-refractivity contribution is -0.246. The second-order valence-corrected chi connectivity index (χ2v) is 7.13. The van der Waals surface area contributed by atoms with Crippen LogP contribution in [-0.2, 0) is 11.3 Å². The number of piperidine rings is 1. The fraction of sp³-hybridized carbons (Fsp3) is 0.667. The lowest BCUT2D eigenvalue weighted by Crippen LogP contribution is -2.64. The second kappa shape index (κ2) is 5.93. The highest BCUT2D eigenvalue weighted by Gasteiger charge is 2.52. The maximum atomic E-state index is 10.5. The molecule has 2 N–H and O–H groups in total. The van der Waals surface area contributed by atoms with E-state index in [0.29, 0.717) is 13.0 Å². The summed E-state index contributed by atoms with van der Waals surface area (Å²) in [5.74, 6) is 0. The number of likely N-dealkylation sites (tertiary alicyclic amines) is 1. The molecule has 4 nitrogen and oxygen atoms in total. The van der Waals surface area contributed by atoms with Crippen LogP contribution in [-0.4, -0.2) is 52.1 Å². The van der Waals surface area contributed by atoms with Gasteiger partial charge in [-0.1, -0.05) is 24.3 Å². The Kier molecular flexibility index (Phi) is 4.29. The number of rotatable bonds is 2. The van der Waals surface area contributed by atoms with Crippen molar-refractivity contribution in [2.75, 3.05) is 19.7 Å². The van der Waals surface area contributed by atoms with E-state index in [0.717, 1.165) is 32.5 Å². The van der Waals surface area contributed by atoms with Crippen LogP contribution in [0, 0.1) is 6.92 Å². The zero-order valence-electron chi connectivity index (χ0n) is 13.6. The molecule has 2 heterocycles. The lowest BCUT2D eigenvalue weighted by Gasteiger charge is -2.51. The van der Waals surface area contributed by atoms with Gasteiger partial charge in [-0.25, -0.2) is 0 Å². The summed E-state index contributed by atoms with van der Waals surface area (Å²) in [5, 5.41) is 20.9. The van der Waals surface area contributed by atoms with Crippen molar-refractivity contribution < 1.29 is 14.9 Å². The zero-order chi connectivity index (χ0) is 15.8. The minimum absolute atomic E-state index is 0.503. The third-order valence-electron chi connectivity index (χ3n) is 5.44. The quantitative estimate of drug-likeness (QED) is 0.876. The molecule has 1 spiro atoms. The van der Waals surface area contributed by atoms with Crippen LogP contribution in [0.25, 0.3) is 0 Å². The van der Waals surface area contributed by atoms with Crippen LogP contribution in [0.1, 0.15) is 37.3 Å². The van der Waals surface area contributed by atoms with Crippen LogP contribution in [0.4, 0.5) is 0 Å². The average Bonchev–Trinajstić information content (AvgIpc) is 2.49. The van der Waals surface area contributed by atoms with Gasteiger partial charge in [-0.2, -0.15) is 0 Å². The van der Waals surface area contributed by atoms with Gasteiger partial charge in [0.25, 0.3) is 0 Å². The van der Waals surface area contributed by atoms with Crippen LogP contribution >= 0.6 is 0 Å². The highest BCUT2D eigenvalue weighted by atomic mass is 16.5. The maximum Gasteiger partial charge on any atom is 0.111 e. The van der Waals surface area contributed by atoms with Crippen LogP contribution in [0.3, 0.4) is 0 Å². The molecule has 0 amide bonds. The first-order chi connectivity index (χ1) is 10.4. The molecule has 122 valence electrons. The molecule has 2 fully saturated rings. The van der Waals surface area contributed by atoms with Gasteiger partial charge in [-0.05, 0) is 37.8 Å². The summed E-state index contributed by atoms with van der Waals surface area (Å²) in [6.07, 6.45) is 1.25. The number of aliphatic hydroxyl groups excluding tert-OH is 1. The van der Waals surface area contributed by atoms with Gasteiger partial charge >= 0.3 is 0 Å². The molecule has 1 aromatic carbocycles. The number of ether oxygens (including phenoxy) is 1. The molecule has 2 saturated heterocycles. The topological polar surface area (TPSA) is 52.9 Å². The van der Waals surface area contributed by atoms with Crippen molar-refractivity contribution in [3.63, 3.8) is 0 Å². The summed E-state index contributed by atoms with van der Waals surface area (Å²) >= 11 is 0. The van der Waals surface area contributed by atoms with Gasteiger partial charge in [0.05, 0.1) is 17.8 Å². The van der Waals surface area contributed by atoms with E-state index in [9.17, 15) is 10.2 Å². The van der Waals surface area contributed by atoms with Gasteiger partial charge in [0.1, 0.15) is 6.10 Å². The van der Waals surface area contributed by atoms with Gasteiger partial charge in [-0.15, -0.1) is 0 Å². The molecule has 2 aliphatic rings. The highest BCUT2D eigenvalue weighted by molar-refractivity contribution is 5.25. The third-order valence-corrected chi connectivity index (χ3v) is 5.44. The zero-order valence-corrected chi connectivity index (χ0v) is 13.6.